The molecule has 2 aliphatic rings. The Morgan fingerprint density at radius 1 is 1.07 bits per heavy atom. The number of nitrogens with one attached hydrogen (secondary N) is 2. The first-order valence-electron chi connectivity index (χ1n) is 10.0. The van der Waals surface area contributed by atoms with Crippen LogP contribution in [0.4, 0.5) is 5.69 Å². The van der Waals surface area contributed by atoms with Gasteiger partial charge in [0.25, 0.3) is 5.91 Å². The van der Waals surface area contributed by atoms with Crippen molar-refractivity contribution in [3.8, 4) is 5.69 Å². The van der Waals surface area contributed by atoms with E-state index in [1.165, 1.54) is 31.4 Å². The van der Waals surface area contributed by atoms with E-state index >= 15 is 0 Å². The largest absolute Gasteiger partial charge is 0.322 e. The second kappa shape index (κ2) is 7.24. The maximum absolute atomic E-state index is 12.5. The number of anilines is 1. The maximum Gasteiger partial charge on any atom is 0.258 e. The number of rotatable bonds is 7. The van der Waals surface area contributed by atoms with Gasteiger partial charge in [-0.3, -0.25) is 4.79 Å². The summed E-state index contributed by atoms with van der Waals surface area (Å²) in [6, 6.07) is 18.6. The Morgan fingerprint density at radius 3 is 2.61 bits per heavy atom. The van der Waals surface area contributed by atoms with Gasteiger partial charge in [-0.25, -0.2) is 4.68 Å². The highest BCUT2D eigenvalue weighted by atomic mass is 16.1. The van der Waals surface area contributed by atoms with E-state index in [1.54, 1.807) is 17.1 Å². The lowest BCUT2D eigenvalue weighted by Gasteiger charge is -2.06. The van der Waals surface area contributed by atoms with Gasteiger partial charge in [0.2, 0.25) is 0 Å². The smallest absolute Gasteiger partial charge is 0.258 e. The van der Waals surface area contributed by atoms with E-state index in [0.717, 1.165) is 17.3 Å². The number of hydrogen-bond acceptors (Lipinski definition) is 3. The van der Waals surface area contributed by atoms with E-state index < -0.39 is 0 Å². The van der Waals surface area contributed by atoms with Crippen molar-refractivity contribution in [3.05, 3.63) is 78.1 Å². The van der Waals surface area contributed by atoms with Crippen molar-refractivity contribution in [2.45, 2.75) is 31.2 Å². The Balaban J connectivity index is 1.18. The SMILES string of the molecule is O=C(Nc1ccc(C2CC2NCC2CC2)cc1)c1cnn(-c2ccccc2)c1. The van der Waals surface area contributed by atoms with Crippen molar-refractivity contribution >= 4 is 11.6 Å². The zero-order chi connectivity index (χ0) is 18.9. The van der Waals surface area contributed by atoms with Crippen LogP contribution in [0.2, 0.25) is 0 Å². The van der Waals surface area contributed by atoms with Crippen molar-refractivity contribution in [1.82, 2.24) is 15.1 Å². The van der Waals surface area contributed by atoms with Crippen LogP contribution in [-0.2, 0) is 0 Å². The van der Waals surface area contributed by atoms with Crippen LogP contribution in [0.25, 0.3) is 5.69 Å². The Hall–Kier alpha value is -2.92. The van der Waals surface area contributed by atoms with Crippen LogP contribution in [0, 0.1) is 5.92 Å². The van der Waals surface area contributed by atoms with Gasteiger partial charge in [-0.1, -0.05) is 30.3 Å². The number of carbonyl (C=O) groups is 1. The molecule has 3 aromatic rings. The molecule has 2 atom stereocenters. The molecule has 0 spiro atoms. The van der Waals surface area contributed by atoms with Crippen molar-refractivity contribution in [2.24, 2.45) is 5.92 Å². The van der Waals surface area contributed by atoms with Gasteiger partial charge in [0.1, 0.15) is 0 Å². The van der Waals surface area contributed by atoms with E-state index in [-0.39, 0.29) is 5.91 Å². The summed E-state index contributed by atoms with van der Waals surface area (Å²) >= 11 is 0. The molecule has 2 aromatic carbocycles. The quantitative estimate of drug-likeness (QED) is 0.659. The van der Waals surface area contributed by atoms with Crippen molar-refractivity contribution in [2.75, 3.05) is 11.9 Å². The van der Waals surface area contributed by atoms with Crippen LogP contribution in [0.3, 0.4) is 0 Å². The molecule has 2 saturated carbocycles. The van der Waals surface area contributed by atoms with E-state index in [4.69, 9.17) is 0 Å². The van der Waals surface area contributed by atoms with Gasteiger partial charge in [-0.2, -0.15) is 5.10 Å². The highest BCUT2D eigenvalue weighted by Gasteiger charge is 2.38. The first kappa shape index (κ1) is 17.2. The highest BCUT2D eigenvalue weighted by molar-refractivity contribution is 6.04. The van der Waals surface area contributed by atoms with Crippen molar-refractivity contribution in [1.29, 1.82) is 0 Å². The molecule has 2 unspecified atom stereocenters. The number of para-hydroxylation sites is 1. The highest BCUT2D eigenvalue weighted by Crippen LogP contribution is 2.41. The maximum atomic E-state index is 12.5. The summed E-state index contributed by atoms with van der Waals surface area (Å²) in [4.78, 5) is 12.5. The molecule has 0 aliphatic heterocycles. The van der Waals surface area contributed by atoms with Crippen LogP contribution >= 0.6 is 0 Å². The van der Waals surface area contributed by atoms with Gasteiger partial charge in [0, 0.05) is 23.8 Å². The molecular weight excluding hydrogens is 348 g/mol. The fourth-order valence-electron chi connectivity index (χ4n) is 3.61. The minimum Gasteiger partial charge on any atom is -0.322 e. The molecule has 0 saturated heterocycles. The fraction of sp³-hybridized carbons (Fsp3) is 0.304. The second-order valence-corrected chi connectivity index (χ2v) is 7.89. The van der Waals surface area contributed by atoms with Gasteiger partial charge in [0.05, 0.1) is 17.4 Å². The summed E-state index contributed by atoms with van der Waals surface area (Å²) in [5, 5.41) is 10.9. The number of carbonyl (C=O) groups excluding carboxylic acids is 1. The van der Waals surface area contributed by atoms with Gasteiger partial charge in [0.15, 0.2) is 0 Å². The van der Waals surface area contributed by atoms with Crippen LogP contribution < -0.4 is 10.6 Å². The normalized spacial score (nSPS) is 20.7. The molecule has 142 valence electrons. The molecule has 2 N–H and O–H groups in total. The third-order valence-electron chi connectivity index (χ3n) is 5.62. The van der Waals surface area contributed by atoms with E-state index in [2.05, 4.69) is 27.9 Å². The van der Waals surface area contributed by atoms with Crippen LogP contribution in [0.1, 0.15) is 41.1 Å². The minimum absolute atomic E-state index is 0.148. The molecule has 2 aliphatic carbocycles. The monoisotopic (exact) mass is 372 g/mol. The molecular formula is C23H24N4O. The molecule has 0 bridgehead atoms. The summed E-state index contributed by atoms with van der Waals surface area (Å²) in [5.41, 5.74) is 3.63. The standard InChI is InChI=1S/C23H24N4O/c28-23(18-14-25-27(15-18)20-4-2-1-3-5-20)26-19-10-8-17(9-11-19)21-12-22(21)24-13-16-6-7-16/h1-5,8-11,14-16,21-22,24H,6-7,12-13H2,(H,26,28). The van der Waals surface area contributed by atoms with Crippen molar-refractivity contribution in [3.63, 3.8) is 0 Å². The summed E-state index contributed by atoms with van der Waals surface area (Å²) in [5.74, 6) is 1.39. The summed E-state index contributed by atoms with van der Waals surface area (Å²) in [6.45, 7) is 1.17. The number of amides is 1. The molecule has 2 fully saturated rings. The van der Waals surface area contributed by atoms with Gasteiger partial charge < -0.3 is 10.6 Å². The van der Waals surface area contributed by atoms with E-state index in [9.17, 15) is 4.79 Å². The third-order valence-corrected chi connectivity index (χ3v) is 5.62. The molecule has 5 nitrogen and oxygen atoms in total. The average Bonchev–Trinajstić information content (AvgIpc) is 3.65. The molecule has 5 heteroatoms. The first-order chi connectivity index (χ1) is 13.8. The van der Waals surface area contributed by atoms with Crippen molar-refractivity contribution < 1.29 is 4.79 Å². The second-order valence-electron chi connectivity index (χ2n) is 7.89. The lowest BCUT2D eigenvalue weighted by molar-refractivity contribution is 0.102. The zero-order valence-electron chi connectivity index (χ0n) is 15.7. The Labute approximate surface area is 164 Å². The minimum atomic E-state index is -0.148. The van der Waals surface area contributed by atoms with Crippen LogP contribution in [0.15, 0.2) is 67.0 Å². The Morgan fingerprint density at radius 2 is 1.86 bits per heavy atom. The van der Waals surface area contributed by atoms with Gasteiger partial charge in [-0.05, 0) is 61.6 Å². The van der Waals surface area contributed by atoms with E-state index in [0.29, 0.717) is 17.5 Å². The Kier molecular flexibility index (Phi) is 4.45. The van der Waals surface area contributed by atoms with Crippen LogP contribution in [0.5, 0.6) is 0 Å². The topological polar surface area (TPSA) is 59.0 Å². The van der Waals surface area contributed by atoms with E-state index in [1.807, 2.05) is 42.5 Å². The van der Waals surface area contributed by atoms with Crippen LogP contribution in [-0.4, -0.2) is 28.3 Å². The average molecular weight is 372 g/mol. The summed E-state index contributed by atoms with van der Waals surface area (Å²) < 4.78 is 1.71. The molecule has 5 rings (SSSR count). The molecule has 28 heavy (non-hydrogen) atoms. The summed E-state index contributed by atoms with van der Waals surface area (Å²) in [7, 11) is 0. The van der Waals surface area contributed by atoms with Gasteiger partial charge >= 0.3 is 0 Å². The third kappa shape index (κ3) is 3.85. The number of benzene rings is 2. The zero-order valence-corrected chi connectivity index (χ0v) is 15.7. The molecule has 1 aromatic heterocycles. The summed E-state index contributed by atoms with van der Waals surface area (Å²) in [6.07, 6.45) is 7.35. The fourth-order valence-corrected chi connectivity index (χ4v) is 3.61. The predicted octanol–water partition coefficient (Wildman–Crippen LogP) is 3.98. The molecule has 1 heterocycles. The number of nitrogens with zero attached hydrogens (tertiary/aromatic N) is 2. The molecule has 0 radical (unpaired) electrons. The van der Waals surface area contributed by atoms with Gasteiger partial charge in [-0.15, -0.1) is 0 Å². The number of hydrogen-bond donors (Lipinski definition) is 2. The molecule has 1 amide bonds. The number of aromatic nitrogens is 2. The Bertz CT molecular complexity index is 960. The lowest BCUT2D eigenvalue weighted by Crippen LogP contribution is -2.20. The first-order valence-corrected chi connectivity index (χ1v) is 10.0. The lowest BCUT2D eigenvalue weighted by atomic mass is 10.1. The predicted molar refractivity (Wildman–Crippen MR) is 110 cm³/mol.